The number of likely N-dealkylation sites (N-methyl/N-ethyl adjacent to an activating group) is 1. The van der Waals surface area contributed by atoms with E-state index in [1.54, 1.807) is 0 Å². The number of benzene rings is 2. The minimum atomic E-state index is -1.82. The first-order valence-electron chi connectivity index (χ1n) is 12.0. The molecule has 1 aromatic heterocycles. The smallest absolute Gasteiger partial charge is 0.414 e. The lowest BCUT2D eigenvalue weighted by Crippen LogP contribution is -2.46. The molecule has 1 unspecified atom stereocenters. The Balaban J connectivity index is 0.000000509. The van der Waals surface area contributed by atoms with E-state index >= 15 is 0 Å². The van der Waals surface area contributed by atoms with Crippen LogP contribution in [-0.4, -0.2) is 69.9 Å². The first kappa shape index (κ1) is 26.1. The van der Waals surface area contributed by atoms with Gasteiger partial charge in [-0.2, -0.15) is 0 Å². The highest BCUT2D eigenvalue weighted by atomic mass is 16.4. The Kier molecular flexibility index (Phi) is 9.17. The van der Waals surface area contributed by atoms with Crippen molar-refractivity contribution < 1.29 is 24.9 Å². The molecule has 2 heterocycles. The first-order chi connectivity index (χ1) is 16.8. The average molecular weight is 480 g/mol. The molecule has 3 N–H and O–H groups in total. The number of carbonyl (C=O) groups is 2. The summed E-state index contributed by atoms with van der Waals surface area (Å²) in [4.78, 5) is 28.2. The predicted molar refractivity (Wildman–Crippen MR) is 137 cm³/mol. The maximum atomic E-state index is 10.3. The third-order valence-corrected chi connectivity index (χ3v) is 6.18. The van der Waals surface area contributed by atoms with Crippen LogP contribution in [0.2, 0.25) is 0 Å². The number of aliphatic carboxylic acids is 2. The molecule has 186 valence electrons. The summed E-state index contributed by atoms with van der Waals surface area (Å²) < 4.78 is 0. The second kappa shape index (κ2) is 12.3. The normalized spacial score (nSPS) is 14.8. The van der Waals surface area contributed by atoms with Crippen molar-refractivity contribution >= 4 is 28.5 Å². The van der Waals surface area contributed by atoms with Crippen molar-refractivity contribution in [1.29, 1.82) is 0 Å². The van der Waals surface area contributed by atoms with Gasteiger partial charge < -0.3 is 25.1 Å². The van der Waals surface area contributed by atoms with E-state index in [4.69, 9.17) is 24.8 Å². The summed E-state index contributed by atoms with van der Waals surface area (Å²) >= 11 is 0. The van der Waals surface area contributed by atoms with Gasteiger partial charge in [0.2, 0.25) is 0 Å². The average Bonchev–Trinajstić information content (AvgIpc) is 2.88. The molecule has 35 heavy (non-hydrogen) atoms. The number of aliphatic hydroxyl groups excluding tert-OH is 1. The number of piperazine rings is 1. The van der Waals surface area contributed by atoms with Crippen LogP contribution >= 0.6 is 0 Å². The van der Waals surface area contributed by atoms with Gasteiger partial charge >= 0.3 is 11.9 Å². The number of hydrogen-bond donors (Lipinski definition) is 3. The fraction of sp³-hybridized carbons (Fsp3) is 0.370. The first-order valence-corrected chi connectivity index (χ1v) is 12.0. The fourth-order valence-corrected chi connectivity index (χ4v) is 4.16. The Morgan fingerprint density at radius 1 is 0.943 bits per heavy atom. The van der Waals surface area contributed by atoms with Crippen molar-refractivity contribution in [2.75, 3.05) is 37.6 Å². The van der Waals surface area contributed by atoms with Gasteiger partial charge in [0.25, 0.3) is 0 Å². The SMILES string of the molecule is CCCC(O)c1ccc(-c2cc3ccccc3c(N3CCN(CC)CC3)n2)cc1.O=C(O)C(=O)O. The lowest BCUT2D eigenvalue weighted by atomic mass is 10.0. The Labute approximate surface area is 205 Å². The second-order valence-electron chi connectivity index (χ2n) is 8.51. The number of pyridine rings is 1. The van der Waals surface area contributed by atoms with Gasteiger partial charge in [0, 0.05) is 37.1 Å². The molecule has 0 amide bonds. The van der Waals surface area contributed by atoms with Crippen LogP contribution in [0.4, 0.5) is 5.82 Å². The highest BCUT2D eigenvalue weighted by Gasteiger charge is 2.20. The summed E-state index contributed by atoms with van der Waals surface area (Å²) in [6.45, 7) is 9.62. The standard InChI is InChI=1S/C25H31N3O.C2H2O4/c1-3-7-24(29)20-12-10-19(11-13-20)23-18-21-8-5-6-9-22(21)25(26-23)28-16-14-27(4-2)15-17-28;3-1(4)2(5)6/h5-6,8-13,18,24,29H,3-4,7,14-17H2,1-2H3;(H,3,4)(H,5,6). The van der Waals surface area contributed by atoms with E-state index in [1.165, 1.54) is 10.8 Å². The number of carboxylic acids is 2. The van der Waals surface area contributed by atoms with Crippen molar-refractivity contribution in [2.45, 2.75) is 32.8 Å². The molecule has 3 aromatic rings. The number of aliphatic hydroxyl groups is 1. The van der Waals surface area contributed by atoms with Crippen LogP contribution in [0.5, 0.6) is 0 Å². The minimum absolute atomic E-state index is 0.385. The van der Waals surface area contributed by atoms with E-state index in [-0.39, 0.29) is 6.10 Å². The molecular weight excluding hydrogens is 446 g/mol. The summed E-state index contributed by atoms with van der Waals surface area (Å²) in [6.07, 6.45) is 1.38. The van der Waals surface area contributed by atoms with Gasteiger partial charge in [-0.05, 0) is 30.0 Å². The molecule has 8 nitrogen and oxygen atoms in total. The molecule has 1 fully saturated rings. The number of carboxylic acid groups (broad SMARTS) is 2. The summed E-state index contributed by atoms with van der Waals surface area (Å²) in [6, 6.07) is 19.0. The molecule has 4 rings (SSSR count). The van der Waals surface area contributed by atoms with E-state index in [0.717, 1.165) is 68.2 Å². The Morgan fingerprint density at radius 2 is 1.57 bits per heavy atom. The number of nitrogens with zero attached hydrogens (tertiary/aromatic N) is 3. The number of fused-ring (bicyclic) bond motifs is 1. The number of rotatable bonds is 6. The lowest BCUT2D eigenvalue weighted by Gasteiger charge is -2.35. The highest BCUT2D eigenvalue weighted by Crippen LogP contribution is 2.31. The van der Waals surface area contributed by atoms with Gasteiger partial charge in [-0.25, -0.2) is 14.6 Å². The summed E-state index contributed by atoms with van der Waals surface area (Å²) in [5.41, 5.74) is 3.07. The molecule has 2 aromatic carbocycles. The third kappa shape index (κ3) is 6.77. The van der Waals surface area contributed by atoms with Gasteiger partial charge in [0.05, 0.1) is 11.8 Å². The number of aromatic nitrogens is 1. The Hall–Kier alpha value is -3.49. The zero-order valence-corrected chi connectivity index (χ0v) is 20.2. The zero-order valence-electron chi connectivity index (χ0n) is 20.2. The summed E-state index contributed by atoms with van der Waals surface area (Å²) in [7, 11) is 0. The van der Waals surface area contributed by atoms with Crippen LogP contribution in [-0.2, 0) is 9.59 Å². The van der Waals surface area contributed by atoms with Crippen molar-refractivity contribution in [3.63, 3.8) is 0 Å². The molecular formula is C27H33N3O5. The minimum Gasteiger partial charge on any atom is -0.473 e. The van der Waals surface area contributed by atoms with Gasteiger partial charge in [-0.3, -0.25) is 0 Å². The quantitative estimate of drug-likeness (QED) is 0.454. The Bertz CT molecular complexity index is 1130. The van der Waals surface area contributed by atoms with Crippen molar-refractivity contribution in [3.8, 4) is 11.3 Å². The summed E-state index contributed by atoms with van der Waals surface area (Å²) in [5.74, 6) is -2.56. The van der Waals surface area contributed by atoms with Gasteiger partial charge in [0.15, 0.2) is 0 Å². The van der Waals surface area contributed by atoms with E-state index in [1.807, 2.05) is 12.1 Å². The third-order valence-electron chi connectivity index (χ3n) is 6.18. The van der Waals surface area contributed by atoms with Gasteiger partial charge in [-0.1, -0.05) is 68.8 Å². The van der Waals surface area contributed by atoms with Crippen LogP contribution < -0.4 is 4.90 Å². The van der Waals surface area contributed by atoms with E-state index in [9.17, 15) is 5.11 Å². The largest absolute Gasteiger partial charge is 0.473 e. The van der Waals surface area contributed by atoms with Crippen LogP contribution in [0.15, 0.2) is 54.6 Å². The van der Waals surface area contributed by atoms with Gasteiger partial charge in [-0.15, -0.1) is 0 Å². The van der Waals surface area contributed by atoms with Crippen LogP contribution in [0.25, 0.3) is 22.0 Å². The van der Waals surface area contributed by atoms with E-state index < -0.39 is 11.9 Å². The topological polar surface area (TPSA) is 114 Å². The number of hydrogen-bond acceptors (Lipinski definition) is 6. The Morgan fingerprint density at radius 3 is 2.14 bits per heavy atom. The molecule has 0 saturated carbocycles. The zero-order chi connectivity index (χ0) is 25.4. The van der Waals surface area contributed by atoms with Crippen LogP contribution in [0.1, 0.15) is 38.4 Å². The molecule has 1 aliphatic rings. The summed E-state index contributed by atoms with van der Waals surface area (Å²) in [5, 5.41) is 27.5. The monoisotopic (exact) mass is 479 g/mol. The van der Waals surface area contributed by atoms with E-state index in [2.05, 4.69) is 66.1 Å². The van der Waals surface area contributed by atoms with Crippen molar-refractivity contribution in [1.82, 2.24) is 9.88 Å². The molecule has 1 atom stereocenters. The van der Waals surface area contributed by atoms with Gasteiger partial charge in [0.1, 0.15) is 5.82 Å². The van der Waals surface area contributed by atoms with Crippen LogP contribution in [0, 0.1) is 0 Å². The highest BCUT2D eigenvalue weighted by molar-refractivity contribution is 6.27. The van der Waals surface area contributed by atoms with Crippen molar-refractivity contribution in [3.05, 3.63) is 60.2 Å². The van der Waals surface area contributed by atoms with Crippen LogP contribution in [0.3, 0.4) is 0 Å². The maximum Gasteiger partial charge on any atom is 0.414 e. The second-order valence-corrected chi connectivity index (χ2v) is 8.51. The maximum absolute atomic E-state index is 10.3. The van der Waals surface area contributed by atoms with E-state index in [0.29, 0.717) is 0 Å². The predicted octanol–water partition coefficient (Wildman–Crippen LogP) is 4.03. The molecule has 0 radical (unpaired) electrons. The molecule has 0 aliphatic carbocycles. The number of anilines is 1. The molecule has 0 spiro atoms. The molecule has 8 heteroatoms. The molecule has 0 bridgehead atoms. The molecule has 1 aliphatic heterocycles. The lowest BCUT2D eigenvalue weighted by molar-refractivity contribution is -0.159. The van der Waals surface area contributed by atoms with Crippen molar-refractivity contribution in [2.24, 2.45) is 0 Å². The fourth-order valence-electron chi connectivity index (χ4n) is 4.16. The molecule has 1 saturated heterocycles.